The molecule has 0 unspecified atom stereocenters. The van der Waals surface area contributed by atoms with E-state index in [1.165, 1.54) is 7.11 Å². The minimum atomic E-state index is -1.05. The fraction of sp³-hybridized carbons (Fsp3) is 0.833. The Morgan fingerprint density at radius 2 is 1.42 bits per heavy atom. The van der Waals surface area contributed by atoms with Gasteiger partial charge in [0.25, 0.3) is 0 Å². The quantitative estimate of drug-likeness (QED) is 0.258. The van der Waals surface area contributed by atoms with Crippen molar-refractivity contribution in [3.8, 4) is 0 Å². The molecule has 0 fully saturated rings. The Balaban J connectivity index is 5.59. The van der Waals surface area contributed by atoms with Gasteiger partial charge in [-0.1, -0.05) is 0 Å². The fourth-order valence-corrected chi connectivity index (χ4v) is 4.23. The zero-order valence-corrected chi connectivity index (χ0v) is 18.9. The van der Waals surface area contributed by atoms with Gasteiger partial charge in [-0.3, -0.25) is 0 Å². The molecule has 0 heterocycles. The molecule has 0 aromatic heterocycles. The second-order valence-corrected chi connectivity index (χ2v) is 10.2. The molecule has 0 radical (unpaired) electrons. The summed E-state index contributed by atoms with van der Waals surface area (Å²) in [4.78, 5) is 38.3. The Labute approximate surface area is 163 Å². The number of rotatable bonds is 7. The van der Waals surface area contributed by atoms with E-state index >= 15 is 0 Å². The maximum absolute atomic E-state index is 12.6. The van der Waals surface area contributed by atoms with Crippen molar-refractivity contribution in [3.63, 3.8) is 0 Å². The van der Waals surface area contributed by atoms with Gasteiger partial charge in [-0.2, -0.15) is 0 Å². The summed E-state index contributed by atoms with van der Waals surface area (Å²) in [6.45, 7) is 12.2. The van der Waals surface area contributed by atoms with E-state index in [9.17, 15) is 14.4 Å². The summed E-state index contributed by atoms with van der Waals surface area (Å²) in [6.07, 6.45) is 0.265. The molecule has 0 aliphatic rings. The maximum atomic E-state index is 12.6. The average Bonchev–Trinajstić information content (AvgIpc) is 2.45. The second-order valence-electron chi connectivity index (χ2n) is 7.80. The summed E-state index contributed by atoms with van der Waals surface area (Å²) in [5, 5.41) is 1.31. The molecule has 0 rings (SSSR count). The number of hydrogen-bond donors (Lipinski definition) is 0. The van der Waals surface area contributed by atoms with Crippen LogP contribution in [0.3, 0.4) is 0 Å². The average molecular weight is 438 g/mol. The van der Waals surface area contributed by atoms with E-state index in [-0.39, 0.29) is 15.0 Å². The van der Waals surface area contributed by atoms with E-state index in [1.54, 1.807) is 41.5 Å². The van der Waals surface area contributed by atoms with Gasteiger partial charge in [0.15, 0.2) is 0 Å². The summed E-state index contributed by atoms with van der Waals surface area (Å²) >= 11 is 0.0805. The molecule has 0 aromatic carbocycles. The van der Waals surface area contributed by atoms with Gasteiger partial charge in [-0.05, 0) is 0 Å². The van der Waals surface area contributed by atoms with Crippen molar-refractivity contribution in [1.82, 2.24) is 4.90 Å². The Morgan fingerprint density at radius 3 is 1.77 bits per heavy atom. The van der Waals surface area contributed by atoms with Crippen LogP contribution in [-0.2, 0) is 19.0 Å². The van der Waals surface area contributed by atoms with Gasteiger partial charge in [-0.25, -0.2) is 0 Å². The van der Waals surface area contributed by atoms with Gasteiger partial charge in [0, 0.05) is 0 Å². The van der Waals surface area contributed by atoms with E-state index in [0.29, 0.717) is 5.32 Å². The van der Waals surface area contributed by atoms with Gasteiger partial charge < -0.3 is 0 Å². The van der Waals surface area contributed by atoms with Crippen LogP contribution < -0.4 is 0 Å². The van der Waals surface area contributed by atoms with Crippen molar-refractivity contribution >= 4 is 33.1 Å². The van der Waals surface area contributed by atoms with Gasteiger partial charge in [-0.15, -0.1) is 0 Å². The Bertz CT molecular complexity index is 453. The predicted molar refractivity (Wildman–Crippen MR) is 100 cm³/mol. The molecule has 0 N–H and O–H groups in total. The first-order valence-electron chi connectivity index (χ1n) is 8.73. The predicted octanol–water partition coefficient (Wildman–Crippen LogP) is 4.04. The number of imide groups is 1. The summed E-state index contributed by atoms with van der Waals surface area (Å²) < 4.78 is 15.5. The zero-order valence-electron chi connectivity index (χ0n) is 17.2. The van der Waals surface area contributed by atoms with Crippen molar-refractivity contribution in [2.24, 2.45) is 0 Å². The molecule has 152 valence electrons. The third kappa shape index (κ3) is 10.0. The number of unbranched alkanes of at least 4 members (excludes halogenated alkanes) is 1. The molecule has 0 saturated heterocycles. The number of carbonyl (C=O) groups excluding carboxylic acids is 3. The van der Waals surface area contributed by atoms with E-state index in [4.69, 9.17) is 14.2 Å². The Hall–Kier alpha value is -1.27. The van der Waals surface area contributed by atoms with E-state index < -0.39 is 35.4 Å². The van der Waals surface area contributed by atoms with Crippen LogP contribution >= 0.6 is 0 Å². The van der Waals surface area contributed by atoms with Crippen molar-refractivity contribution < 1.29 is 28.6 Å². The van der Waals surface area contributed by atoms with Gasteiger partial charge in [0.05, 0.1) is 0 Å². The number of nitrogens with zero attached hydrogens (tertiary/aromatic N) is 1. The first kappa shape index (κ1) is 24.7. The minimum absolute atomic E-state index is 0.0805. The van der Waals surface area contributed by atoms with Crippen LogP contribution in [0.15, 0.2) is 0 Å². The van der Waals surface area contributed by atoms with Crippen LogP contribution in [0.1, 0.15) is 61.3 Å². The van der Waals surface area contributed by atoms with Crippen molar-refractivity contribution in [2.45, 2.75) is 89.2 Å². The van der Waals surface area contributed by atoms with Gasteiger partial charge in [0.1, 0.15) is 0 Å². The number of esters is 1. The number of methoxy groups -OCH3 is 1. The third-order valence-corrected chi connectivity index (χ3v) is 5.25. The molecule has 1 atom stereocenters. The molecular weight excluding hydrogens is 405 g/mol. The first-order valence-corrected chi connectivity index (χ1v) is 11.2. The number of hydrogen-bond acceptors (Lipinski definition) is 6. The second kappa shape index (κ2) is 10.8. The van der Waals surface area contributed by atoms with E-state index in [0.717, 1.165) is 23.1 Å². The number of ether oxygens (including phenoxy) is 3. The molecule has 0 aromatic rings. The topological polar surface area (TPSA) is 82.1 Å². The number of amides is 2. The standard InChI is InChI=1S/C18H33NO6Se/c1-9-10-11-26-12-13(14(20)23-8)19(15(21)24-17(2,3)4)16(22)25-18(5,6)7/h13H,9-12H2,1-8H3/t13-/m0/s1. The molecule has 0 spiro atoms. The summed E-state index contributed by atoms with van der Waals surface area (Å²) in [5.41, 5.74) is -1.63. The fourth-order valence-electron chi connectivity index (χ4n) is 1.78. The summed E-state index contributed by atoms with van der Waals surface area (Å²) in [5.74, 6) is -0.653. The molecule has 0 aliphatic heterocycles. The molecule has 8 heteroatoms. The molecule has 0 bridgehead atoms. The Kier molecular flexibility index (Phi) is 10.2. The van der Waals surface area contributed by atoms with Crippen LogP contribution in [0, 0.1) is 0 Å². The van der Waals surface area contributed by atoms with Crippen LogP contribution in [0.25, 0.3) is 0 Å². The van der Waals surface area contributed by atoms with Crippen LogP contribution in [0.5, 0.6) is 0 Å². The molecule has 7 nitrogen and oxygen atoms in total. The van der Waals surface area contributed by atoms with Crippen LogP contribution in [-0.4, -0.2) is 62.4 Å². The van der Waals surface area contributed by atoms with Crippen molar-refractivity contribution in [1.29, 1.82) is 0 Å². The van der Waals surface area contributed by atoms with Crippen molar-refractivity contribution in [3.05, 3.63) is 0 Å². The zero-order chi connectivity index (χ0) is 20.5. The molecular formula is C18H33NO6Se. The monoisotopic (exact) mass is 439 g/mol. The van der Waals surface area contributed by atoms with Gasteiger partial charge in [0.2, 0.25) is 0 Å². The normalized spacial score (nSPS) is 12.9. The number of carbonyl (C=O) groups is 3. The molecule has 0 saturated carbocycles. The Morgan fingerprint density at radius 1 is 0.962 bits per heavy atom. The first-order chi connectivity index (χ1) is 11.8. The third-order valence-electron chi connectivity index (χ3n) is 2.88. The van der Waals surface area contributed by atoms with Crippen molar-refractivity contribution in [2.75, 3.05) is 7.11 Å². The van der Waals surface area contributed by atoms with Crippen LogP contribution in [0.2, 0.25) is 10.6 Å². The van der Waals surface area contributed by atoms with Gasteiger partial charge >= 0.3 is 163 Å². The summed E-state index contributed by atoms with van der Waals surface area (Å²) in [6, 6.07) is -1.05. The van der Waals surface area contributed by atoms with Crippen LogP contribution in [0.4, 0.5) is 9.59 Å². The van der Waals surface area contributed by atoms with E-state index in [1.807, 2.05) is 0 Å². The molecule has 26 heavy (non-hydrogen) atoms. The SMILES string of the molecule is CCCC[Se]C[C@@H](C(=O)OC)N(C(=O)OC(C)(C)C)C(=O)OC(C)(C)C. The summed E-state index contributed by atoms with van der Waals surface area (Å²) in [7, 11) is 1.23. The van der Waals surface area contributed by atoms with E-state index in [2.05, 4.69) is 6.92 Å². The molecule has 2 amide bonds. The molecule has 0 aliphatic carbocycles.